The molecule has 1 saturated heterocycles. The molecule has 2 heterocycles. The van der Waals surface area contributed by atoms with Gasteiger partial charge in [-0.1, -0.05) is 48.5 Å². The Morgan fingerprint density at radius 3 is 2.57 bits per heavy atom. The van der Waals surface area contributed by atoms with E-state index in [0.717, 1.165) is 10.4 Å². The van der Waals surface area contributed by atoms with Gasteiger partial charge in [-0.3, -0.25) is 0 Å². The zero-order valence-electron chi connectivity index (χ0n) is 12.2. The highest BCUT2D eigenvalue weighted by Crippen LogP contribution is 2.48. The predicted octanol–water partition coefficient (Wildman–Crippen LogP) is 5.49. The third kappa shape index (κ3) is 2.46. The Kier molecular flexibility index (Phi) is 3.47. The number of halogens is 1. The van der Waals surface area contributed by atoms with Gasteiger partial charge < -0.3 is 4.74 Å². The molecule has 4 rings (SSSR count). The van der Waals surface area contributed by atoms with Crippen molar-refractivity contribution in [3.63, 3.8) is 0 Å². The van der Waals surface area contributed by atoms with E-state index < -0.39 is 0 Å². The first-order valence-electron chi connectivity index (χ1n) is 7.27. The lowest BCUT2D eigenvalue weighted by Crippen LogP contribution is -2.05. The molecule has 0 amide bonds. The summed E-state index contributed by atoms with van der Waals surface area (Å²) in [5, 5.41) is 1.84. The monoisotopic (exact) mass is 340 g/mol. The van der Waals surface area contributed by atoms with Crippen molar-refractivity contribution in [2.45, 2.75) is 12.0 Å². The number of cyclic esters (lactones) is 1. The molecule has 4 heteroatoms. The van der Waals surface area contributed by atoms with Gasteiger partial charge in [-0.25, -0.2) is 4.79 Å². The van der Waals surface area contributed by atoms with E-state index in [1.165, 1.54) is 10.1 Å². The van der Waals surface area contributed by atoms with Gasteiger partial charge in [0.25, 0.3) is 0 Å². The van der Waals surface area contributed by atoms with Crippen LogP contribution in [0.1, 0.15) is 22.5 Å². The topological polar surface area (TPSA) is 26.3 Å². The first kappa shape index (κ1) is 14.5. The molecular formula is C19H13ClO2S. The van der Waals surface area contributed by atoms with Crippen LogP contribution in [-0.4, -0.2) is 5.97 Å². The molecule has 0 N–H and O–H groups in total. The summed E-state index contributed by atoms with van der Waals surface area (Å²) in [4.78, 5) is 13.2. The van der Waals surface area contributed by atoms with E-state index in [4.69, 9.17) is 16.3 Å². The number of carbonyl (C=O) groups excluding carboxylic acids is 1. The van der Waals surface area contributed by atoms with Crippen molar-refractivity contribution in [3.05, 3.63) is 82.2 Å². The maximum absolute atomic E-state index is 12.1. The number of rotatable bonds is 2. The number of hydrogen-bond donors (Lipinski definition) is 0. The number of carbonyl (C=O) groups is 1. The summed E-state index contributed by atoms with van der Waals surface area (Å²) >= 11 is 7.64. The summed E-state index contributed by atoms with van der Waals surface area (Å²) in [6.07, 6.45) is -0.347. The van der Waals surface area contributed by atoms with Crippen molar-refractivity contribution in [2.75, 3.05) is 0 Å². The standard InChI is InChI=1S/C19H13ClO2S/c1-11-17(16-10-13-4-2-3-5-15(13)23-16)18(22-19(11)21)12-6-8-14(20)9-7-12/h2-10,17-18H,1H2. The molecule has 1 aliphatic rings. The maximum atomic E-state index is 12.1. The first-order valence-corrected chi connectivity index (χ1v) is 8.46. The van der Waals surface area contributed by atoms with Crippen molar-refractivity contribution in [3.8, 4) is 0 Å². The number of fused-ring (bicyclic) bond motifs is 1. The zero-order valence-corrected chi connectivity index (χ0v) is 13.7. The van der Waals surface area contributed by atoms with Crippen molar-refractivity contribution in [1.82, 2.24) is 0 Å². The van der Waals surface area contributed by atoms with Crippen molar-refractivity contribution in [2.24, 2.45) is 0 Å². The van der Waals surface area contributed by atoms with Gasteiger partial charge in [0.1, 0.15) is 6.10 Å². The van der Waals surface area contributed by atoms with Crippen LogP contribution >= 0.6 is 22.9 Å². The second-order valence-electron chi connectivity index (χ2n) is 5.57. The molecular weight excluding hydrogens is 328 g/mol. The zero-order chi connectivity index (χ0) is 16.0. The van der Waals surface area contributed by atoms with Crippen molar-refractivity contribution >= 4 is 39.0 Å². The molecule has 3 aromatic rings. The number of hydrogen-bond acceptors (Lipinski definition) is 3. The predicted molar refractivity (Wildman–Crippen MR) is 94.0 cm³/mol. The number of benzene rings is 2. The quantitative estimate of drug-likeness (QED) is 0.455. The minimum Gasteiger partial charge on any atom is -0.453 e. The van der Waals surface area contributed by atoms with E-state index in [2.05, 4.69) is 24.8 Å². The second kappa shape index (κ2) is 5.52. The molecule has 2 unspecified atom stereocenters. The largest absolute Gasteiger partial charge is 0.453 e. The Morgan fingerprint density at radius 1 is 1.09 bits per heavy atom. The van der Waals surface area contributed by atoms with Crippen LogP contribution in [0.15, 0.2) is 66.7 Å². The summed E-state index contributed by atoms with van der Waals surface area (Å²) in [7, 11) is 0. The number of ether oxygens (including phenoxy) is 1. The summed E-state index contributed by atoms with van der Waals surface area (Å²) < 4.78 is 6.79. The molecule has 2 atom stereocenters. The molecule has 114 valence electrons. The smallest absolute Gasteiger partial charge is 0.334 e. The highest BCUT2D eigenvalue weighted by molar-refractivity contribution is 7.19. The van der Waals surface area contributed by atoms with Gasteiger partial charge in [0.05, 0.1) is 5.92 Å². The number of esters is 1. The Morgan fingerprint density at radius 2 is 1.83 bits per heavy atom. The minimum absolute atomic E-state index is 0.152. The van der Waals surface area contributed by atoms with Gasteiger partial charge in [0, 0.05) is 20.2 Å². The van der Waals surface area contributed by atoms with Crippen LogP contribution in [0.4, 0.5) is 0 Å². The van der Waals surface area contributed by atoms with E-state index in [9.17, 15) is 4.79 Å². The van der Waals surface area contributed by atoms with Crippen LogP contribution < -0.4 is 0 Å². The van der Waals surface area contributed by atoms with Gasteiger partial charge >= 0.3 is 5.97 Å². The normalized spacial score (nSPS) is 20.9. The molecule has 0 radical (unpaired) electrons. The lowest BCUT2D eigenvalue weighted by Gasteiger charge is -2.17. The summed E-state index contributed by atoms with van der Waals surface area (Å²) in [6.45, 7) is 3.96. The number of thiophene rings is 1. The van der Waals surface area contributed by atoms with E-state index >= 15 is 0 Å². The van der Waals surface area contributed by atoms with Crippen LogP contribution in [0.3, 0.4) is 0 Å². The minimum atomic E-state index is -0.347. The molecule has 1 fully saturated rings. The molecule has 23 heavy (non-hydrogen) atoms. The summed E-state index contributed by atoms with van der Waals surface area (Å²) in [6, 6.07) is 17.7. The van der Waals surface area contributed by atoms with Gasteiger partial charge in [-0.15, -0.1) is 11.3 Å². The molecule has 2 nitrogen and oxygen atoms in total. The molecule has 1 aliphatic heterocycles. The Balaban J connectivity index is 1.80. The van der Waals surface area contributed by atoms with Crippen LogP contribution in [0.2, 0.25) is 5.02 Å². The van der Waals surface area contributed by atoms with E-state index in [-0.39, 0.29) is 18.0 Å². The van der Waals surface area contributed by atoms with Crippen LogP contribution in [0, 0.1) is 0 Å². The average molecular weight is 341 g/mol. The van der Waals surface area contributed by atoms with Crippen molar-refractivity contribution in [1.29, 1.82) is 0 Å². The fourth-order valence-corrected chi connectivity index (χ4v) is 4.31. The molecule has 1 aromatic heterocycles. The third-order valence-corrected chi connectivity index (χ3v) is 5.58. The third-order valence-electron chi connectivity index (χ3n) is 4.12. The summed E-state index contributed by atoms with van der Waals surface area (Å²) in [5.41, 5.74) is 1.44. The Hall–Kier alpha value is -2.10. The highest BCUT2D eigenvalue weighted by atomic mass is 35.5. The molecule has 2 aromatic carbocycles. The van der Waals surface area contributed by atoms with E-state index in [1.54, 1.807) is 11.3 Å². The first-order chi connectivity index (χ1) is 11.1. The maximum Gasteiger partial charge on any atom is 0.334 e. The van der Waals surface area contributed by atoms with Gasteiger partial charge in [-0.2, -0.15) is 0 Å². The van der Waals surface area contributed by atoms with Gasteiger partial charge in [0.15, 0.2) is 0 Å². The van der Waals surface area contributed by atoms with E-state index in [1.807, 2.05) is 36.4 Å². The molecule has 0 bridgehead atoms. The fourth-order valence-electron chi connectivity index (χ4n) is 2.96. The highest BCUT2D eigenvalue weighted by Gasteiger charge is 2.41. The summed E-state index contributed by atoms with van der Waals surface area (Å²) in [5.74, 6) is -0.478. The second-order valence-corrected chi connectivity index (χ2v) is 7.12. The average Bonchev–Trinajstić information content (AvgIpc) is 3.09. The van der Waals surface area contributed by atoms with E-state index in [0.29, 0.717) is 10.6 Å². The van der Waals surface area contributed by atoms with Gasteiger partial charge in [-0.05, 0) is 35.2 Å². The van der Waals surface area contributed by atoms with Crippen LogP contribution in [-0.2, 0) is 9.53 Å². The Bertz CT molecular complexity index is 878. The van der Waals surface area contributed by atoms with Gasteiger partial charge in [0.2, 0.25) is 0 Å². The lowest BCUT2D eigenvalue weighted by atomic mass is 9.91. The lowest BCUT2D eigenvalue weighted by molar-refractivity contribution is -0.139. The Labute approximate surface area is 143 Å². The molecule has 0 saturated carbocycles. The van der Waals surface area contributed by atoms with Crippen LogP contribution in [0.5, 0.6) is 0 Å². The molecule has 0 aliphatic carbocycles. The van der Waals surface area contributed by atoms with Crippen LogP contribution in [0.25, 0.3) is 10.1 Å². The SMILES string of the molecule is C=C1C(=O)OC(c2ccc(Cl)cc2)C1c1cc2ccccc2s1. The fraction of sp³-hybridized carbons (Fsp3) is 0.105. The molecule has 0 spiro atoms. The van der Waals surface area contributed by atoms with Crippen molar-refractivity contribution < 1.29 is 9.53 Å².